The maximum absolute atomic E-state index is 5.87. The first-order chi connectivity index (χ1) is 11.9. The van der Waals surface area contributed by atoms with Gasteiger partial charge in [-0.25, -0.2) is 4.68 Å². The third-order valence-electron chi connectivity index (χ3n) is 3.74. The molecule has 0 spiro atoms. The second kappa shape index (κ2) is 6.93. The minimum atomic E-state index is -0.115. The highest BCUT2D eigenvalue weighted by Gasteiger charge is 2.18. The van der Waals surface area contributed by atoms with Gasteiger partial charge in [-0.05, 0) is 57.0 Å². The molecule has 0 bridgehead atoms. The Kier molecular flexibility index (Phi) is 4.70. The van der Waals surface area contributed by atoms with Gasteiger partial charge in [0.15, 0.2) is 0 Å². The second-order valence-electron chi connectivity index (χ2n) is 6.91. The van der Waals surface area contributed by atoms with Crippen LogP contribution in [0.1, 0.15) is 31.9 Å². The molecule has 2 heterocycles. The smallest absolute Gasteiger partial charge is 0.221 e. The summed E-state index contributed by atoms with van der Waals surface area (Å²) in [5.74, 6) is 2.32. The molecule has 0 fully saturated rings. The minimum Gasteiger partial charge on any atom is -0.455 e. The molecule has 0 aliphatic carbocycles. The topological polar surface area (TPSA) is 64.9 Å². The number of hydrogen-bond donors (Lipinski definition) is 1. The Morgan fingerprint density at radius 3 is 2.72 bits per heavy atom. The van der Waals surface area contributed by atoms with E-state index in [1.807, 2.05) is 35.9 Å². The van der Waals surface area contributed by atoms with Gasteiger partial charge >= 0.3 is 0 Å². The van der Waals surface area contributed by atoms with Gasteiger partial charge in [-0.1, -0.05) is 12.1 Å². The van der Waals surface area contributed by atoms with Crippen molar-refractivity contribution in [3.8, 4) is 11.5 Å². The van der Waals surface area contributed by atoms with Gasteiger partial charge in [-0.2, -0.15) is 10.1 Å². The molecule has 6 nitrogen and oxygen atoms in total. The monoisotopic (exact) mass is 337 g/mol. The van der Waals surface area contributed by atoms with Gasteiger partial charge in [0, 0.05) is 12.7 Å². The van der Waals surface area contributed by atoms with Crippen molar-refractivity contribution in [1.29, 1.82) is 0 Å². The zero-order valence-electron chi connectivity index (χ0n) is 15.0. The number of aromatic nitrogens is 4. The van der Waals surface area contributed by atoms with Crippen molar-refractivity contribution in [3.63, 3.8) is 0 Å². The third-order valence-corrected chi connectivity index (χ3v) is 3.74. The molecule has 6 heteroatoms. The number of benzene rings is 1. The van der Waals surface area contributed by atoms with Crippen LogP contribution in [0.15, 0.2) is 49.1 Å². The van der Waals surface area contributed by atoms with E-state index in [1.165, 1.54) is 0 Å². The molecule has 0 aliphatic heterocycles. The molecule has 0 saturated heterocycles. The summed E-state index contributed by atoms with van der Waals surface area (Å²) < 4.78 is 7.76. The number of nitrogens with one attached hydrogen (secondary N) is 1. The highest BCUT2D eigenvalue weighted by Crippen LogP contribution is 2.25. The van der Waals surface area contributed by atoms with Crippen LogP contribution in [0.5, 0.6) is 11.5 Å². The Morgan fingerprint density at radius 1 is 1.20 bits per heavy atom. The van der Waals surface area contributed by atoms with E-state index < -0.39 is 0 Å². The van der Waals surface area contributed by atoms with Gasteiger partial charge in [-0.3, -0.25) is 4.98 Å². The highest BCUT2D eigenvalue weighted by molar-refractivity contribution is 5.40. The molecule has 0 saturated carbocycles. The van der Waals surface area contributed by atoms with Gasteiger partial charge < -0.3 is 10.1 Å². The maximum atomic E-state index is 5.87. The van der Waals surface area contributed by atoms with Crippen molar-refractivity contribution in [2.24, 2.45) is 0 Å². The van der Waals surface area contributed by atoms with Crippen LogP contribution in [0.2, 0.25) is 0 Å². The van der Waals surface area contributed by atoms with Gasteiger partial charge in [0.1, 0.15) is 17.8 Å². The van der Waals surface area contributed by atoms with Crippen molar-refractivity contribution < 1.29 is 4.74 Å². The van der Waals surface area contributed by atoms with Crippen LogP contribution >= 0.6 is 0 Å². The van der Waals surface area contributed by atoms with Crippen molar-refractivity contribution in [2.75, 3.05) is 5.32 Å². The van der Waals surface area contributed by atoms with E-state index in [0.29, 0.717) is 6.54 Å². The van der Waals surface area contributed by atoms with Crippen LogP contribution in [-0.4, -0.2) is 19.7 Å². The summed E-state index contributed by atoms with van der Waals surface area (Å²) in [4.78, 5) is 8.37. The fourth-order valence-electron chi connectivity index (χ4n) is 2.50. The molecule has 0 amide bonds. The lowest BCUT2D eigenvalue weighted by molar-refractivity contribution is 0.359. The van der Waals surface area contributed by atoms with E-state index in [-0.39, 0.29) is 5.54 Å². The van der Waals surface area contributed by atoms with Crippen LogP contribution in [0.4, 0.5) is 5.95 Å². The average molecular weight is 337 g/mol. The fraction of sp³-hybridized carbons (Fsp3) is 0.316. The number of rotatable bonds is 5. The summed E-state index contributed by atoms with van der Waals surface area (Å²) in [5.41, 5.74) is 2.11. The molecule has 0 radical (unpaired) electrons. The third kappa shape index (κ3) is 4.15. The predicted molar refractivity (Wildman–Crippen MR) is 97.8 cm³/mol. The first-order valence-electron chi connectivity index (χ1n) is 8.25. The molecule has 0 aliphatic rings. The number of ether oxygens (including phenoxy) is 1. The Balaban J connectivity index is 1.69. The lowest BCUT2D eigenvalue weighted by atomic mass is 10.1. The van der Waals surface area contributed by atoms with Crippen LogP contribution in [-0.2, 0) is 12.1 Å². The Morgan fingerprint density at radius 2 is 2.04 bits per heavy atom. The Bertz CT molecular complexity index is 837. The summed E-state index contributed by atoms with van der Waals surface area (Å²) in [6.07, 6.45) is 5.00. The lowest BCUT2D eigenvalue weighted by Gasteiger charge is -2.21. The number of nitrogens with zero attached hydrogens (tertiary/aromatic N) is 4. The summed E-state index contributed by atoms with van der Waals surface area (Å²) in [5, 5.41) is 7.65. The largest absolute Gasteiger partial charge is 0.455 e. The summed E-state index contributed by atoms with van der Waals surface area (Å²) in [6.45, 7) is 9.00. The highest BCUT2D eigenvalue weighted by atomic mass is 16.5. The fourth-order valence-corrected chi connectivity index (χ4v) is 2.50. The summed E-state index contributed by atoms with van der Waals surface area (Å²) in [7, 11) is 0. The number of hydrogen-bond acceptors (Lipinski definition) is 5. The second-order valence-corrected chi connectivity index (χ2v) is 6.91. The number of aryl methyl sites for hydroxylation is 1. The van der Waals surface area contributed by atoms with E-state index >= 15 is 0 Å². The molecule has 3 rings (SSSR count). The van der Waals surface area contributed by atoms with E-state index in [0.717, 1.165) is 28.6 Å². The van der Waals surface area contributed by atoms with E-state index in [2.05, 4.69) is 47.2 Å². The van der Waals surface area contributed by atoms with Crippen LogP contribution in [0.25, 0.3) is 0 Å². The zero-order valence-corrected chi connectivity index (χ0v) is 15.0. The van der Waals surface area contributed by atoms with Gasteiger partial charge in [0.25, 0.3) is 0 Å². The van der Waals surface area contributed by atoms with E-state index in [9.17, 15) is 0 Å². The number of anilines is 1. The first-order valence-corrected chi connectivity index (χ1v) is 8.25. The SMILES string of the molecule is Cc1cc(CNc2ncnn2C(C)(C)C)ccc1Oc1cccnc1. The molecular formula is C19H23N5O. The van der Waals surface area contributed by atoms with Gasteiger partial charge in [0.2, 0.25) is 5.95 Å². The quantitative estimate of drug-likeness (QED) is 0.758. The summed E-state index contributed by atoms with van der Waals surface area (Å²) >= 11 is 0. The molecule has 1 N–H and O–H groups in total. The molecule has 1 aromatic carbocycles. The zero-order chi connectivity index (χ0) is 17.9. The van der Waals surface area contributed by atoms with E-state index in [1.54, 1.807) is 18.7 Å². The van der Waals surface area contributed by atoms with Crippen molar-refractivity contribution in [1.82, 2.24) is 19.7 Å². The molecule has 3 aromatic rings. The molecular weight excluding hydrogens is 314 g/mol. The minimum absolute atomic E-state index is 0.115. The molecule has 0 unspecified atom stereocenters. The van der Waals surface area contributed by atoms with E-state index in [4.69, 9.17) is 4.74 Å². The van der Waals surface area contributed by atoms with Gasteiger partial charge in [-0.15, -0.1) is 0 Å². The predicted octanol–water partition coefficient (Wildman–Crippen LogP) is 4.14. The Hall–Kier alpha value is -2.89. The van der Waals surface area contributed by atoms with Crippen molar-refractivity contribution in [2.45, 2.75) is 39.8 Å². The van der Waals surface area contributed by atoms with Crippen molar-refractivity contribution in [3.05, 3.63) is 60.2 Å². The lowest BCUT2D eigenvalue weighted by Crippen LogP contribution is -2.25. The maximum Gasteiger partial charge on any atom is 0.221 e. The molecule has 0 atom stereocenters. The number of pyridine rings is 1. The molecule has 2 aromatic heterocycles. The Labute approximate surface area is 147 Å². The molecule has 130 valence electrons. The van der Waals surface area contributed by atoms with Crippen LogP contribution < -0.4 is 10.1 Å². The standard InChI is InChI=1S/C19H23N5O/c1-14-10-15(7-8-17(14)25-16-6-5-9-20-12-16)11-21-18-22-13-23-24(18)19(2,3)4/h5-10,12-13H,11H2,1-4H3,(H,21,22,23). The van der Waals surface area contributed by atoms with Crippen LogP contribution in [0, 0.1) is 6.92 Å². The molecule has 25 heavy (non-hydrogen) atoms. The normalized spacial score (nSPS) is 11.4. The summed E-state index contributed by atoms with van der Waals surface area (Å²) in [6, 6.07) is 9.88. The van der Waals surface area contributed by atoms with Crippen molar-refractivity contribution >= 4 is 5.95 Å². The first kappa shape index (κ1) is 17.0. The van der Waals surface area contributed by atoms with Crippen LogP contribution in [0.3, 0.4) is 0 Å². The average Bonchev–Trinajstić information content (AvgIpc) is 3.05. The van der Waals surface area contributed by atoms with Gasteiger partial charge in [0.05, 0.1) is 11.7 Å².